The average molecular weight is 437 g/mol. The molecule has 1 atom stereocenters. The minimum absolute atomic E-state index is 0.209. The van der Waals surface area contributed by atoms with Gasteiger partial charge in [0, 0.05) is 31.1 Å². The van der Waals surface area contributed by atoms with Crippen LogP contribution in [0.2, 0.25) is 0 Å². The van der Waals surface area contributed by atoms with Gasteiger partial charge in [-0.05, 0) is 50.6 Å². The Hall–Kier alpha value is -3.04. The second kappa shape index (κ2) is 7.28. The third-order valence-corrected chi connectivity index (χ3v) is 7.85. The fourth-order valence-corrected chi connectivity index (χ4v) is 6.02. The van der Waals surface area contributed by atoms with E-state index in [0.29, 0.717) is 24.5 Å². The van der Waals surface area contributed by atoms with Crippen molar-refractivity contribution in [3.8, 4) is 0 Å². The maximum Gasteiger partial charge on any atom is 0.243 e. The number of anilines is 1. The van der Waals surface area contributed by atoms with Gasteiger partial charge in [-0.1, -0.05) is 24.3 Å². The lowest BCUT2D eigenvalue weighted by molar-refractivity contribution is 0.304. The standard InChI is InChI=1S/C22H24N6O2S/c1-15-7-6-8-18(13-15)31(29,30)27-12-11-26(14-16(27)2)22-23-20-10-5-4-9-19(20)21-25-24-17(3)28(21)22/h4-10,13,16H,11-12,14H2,1-3H3. The molecular formula is C22H24N6O2S. The Kier molecular flexibility index (Phi) is 4.67. The van der Waals surface area contributed by atoms with Gasteiger partial charge in [0.25, 0.3) is 0 Å². The third kappa shape index (κ3) is 3.24. The number of sulfonamides is 1. The van der Waals surface area contributed by atoms with E-state index in [1.54, 1.807) is 22.5 Å². The zero-order valence-electron chi connectivity index (χ0n) is 17.7. The summed E-state index contributed by atoms with van der Waals surface area (Å²) in [6.45, 7) is 7.20. The van der Waals surface area contributed by atoms with Gasteiger partial charge in [-0.15, -0.1) is 10.2 Å². The van der Waals surface area contributed by atoms with Crippen LogP contribution in [0.4, 0.5) is 5.95 Å². The Balaban J connectivity index is 1.51. The molecule has 1 saturated heterocycles. The van der Waals surface area contributed by atoms with Crippen LogP contribution in [0.25, 0.3) is 16.6 Å². The summed E-state index contributed by atoms with van der Waals surface area (Å²) in [6, 6.07) is 14.7. The number of piperazine rings is 1. The van der Waals surface area contributed by atoms with Crippen molar-refractivity contribution in [2.75, 3.05) is 24.5 Å². The number of hydrogen-bond donors (Lipinski definition) is 0. The first-order valence-electron chi connectivity index (χ1n) is 10.3. The molecule has 2 aromatic carbocycles. The van der Waals surface area contributed by atoms with Crippen molar-refractivity contribution in [2.45, 2.75) is 31.7 Å². The van der Waals surface area contributed by atoms with Gasteiger partial charge in [0.05, 0.1) is 10.4 Å². The number of aromatic nitrogens is 4. The van der Waals surface area contributed by atoms with Crippen LogP contribution in [-0.2, 0) is 10.0 Å². The fraction of sp³-hybridized carbons (Fsp3) is 0.318. The summed E-state index contributed by atoms with van der Waals surface area (Å²) < 4.78 is 30.1. The van der Waals surface area contributed by atoms with Crippen LogP contribution in [0.1, 0.15) is 18.3 Å². The van der Waals surface area contributed by atoms with Crippen molar-refractivity contribution < 1.29 is 8.42 Å². The molecule has 0 saturated carbocycles. The highest BCUT2D eigenvalue weighted by Crippen LogP contribution is 2.27. The van der Waals surface area contributed by atoms with E-state index >= 15 is 0 Å². The quantitative estimate of drug-likeness (QED) is 0.491. The molecule has 0 aliphatic carbocycles. The first kappa shape index (κ1) is 19.9. The Morgan fingerprint density at radius 1 is 1.00 bits per heavy atom. The van der Waals surface area contributed by atoms with E-state index in [1.165, 1.54) is 0 Å². The molecule has 3 heterocycles. The number of hydrogen-bond acceptors (Lipinski definition) is 6. The molecule has 4 aromatic rings. The predicted octanol–water partition coefficient (Wildman–Crippen LogP) is 2.79. The third-order valence-electron chi connectivity index (χ3n) is 5.84. The molecular weight excluding hydrogens is 412 g/mol. The molecule has 0 N–H and O–H groups in total. The lowest BCUT2D eigenvalue weighted by Gasteiger charge is -2.39. The largest absolute Gasteiger partial charge is 0.339 e. The summed E-state index contributed by atoms with van der Waals surface area (Å²) in [5.74, 6) is 1.50. The van der Waals surface area contributed by atoms with E-state index < -0.39 is 10.0 Å². The van der Waals surface area contributed by atoms with E-state index in [-0.39, 0.29) is 6.04 Å². The predicted molar refractivity (Wildman–Crippen MR) is 120 cm³/mol. The topological polar surface area (TPSA) is 83.7 Å². The number of nitrogens with zero attached hydrogens (tertiary/aromatic N) is 6. The zero-order chi connectivity index (χ0) is 21.8. The first-order chi connectivity index (χ1) is 14.9. The van der Waals surface area contributed by atoms with Crippen molar-refractivity contribution in [1.29, 1.82) is 0 Å². The zero-order valence-corrected chi connectivity index (χ0v) is 18.5. The summed E-state index contributed by atoms with van der Waals surface area (Å²) in [5.41, 5.74) is 2.54. The fourth-order valence-electron chi connectivity index (χ4n) is 4.30. The van der Waals surface area contributed by atoms with Crippen LogP contribution in [-0.4, -0.2) is 58.0 Å². The van der Waals surface area contributed by atoms with Crippen LogP contribution in [0.5, 0.6) is 0 Å². The van der Waals surface area contributed by atoms with E-state index in [0.717, 1.165) is 33.9 Å². The lowest BCUT2D eigenvalue weighted by atomic mass is 10.2. The summed E-state index contributed by atoms with van der Waals surface area (Å²) in [7, 11) is -3.56. The van der Waals surface area contributed by atoms with Crippen LogP contribution >= 0.6 is 0 Å². The van der Waals surface area contributed by atoms with Gasteiger partial charge in [0.2, 0.25) is 16.0 Å². The normalized spacial score (nSPS) is 18.2. The summed E-state index contributed by atoms with van der Waals surface area (Å²) in [4.78, 5) is 7.36. The molecule has 0 amide bonds. The van der Waals surface area contributed by atoms with E-state index in [1.807, 2.05) is 55.5 Å². The molecule has 9 heteroatoms. The number of benzene rings is 2. The highest BCUT2D eigenvalue weighted by atomic mass is 32.2. The van der Waals surface area contributed by atoms with E-state index in [9.17, 15) is 8.42 Å². The summed E-state index contributed by atoms with van der Waals surface area (Å²) >= 11 is 0. The Bertz CT molecular complexity index is 1400. The van der Waals surface area contributed by atoms with Gasteiger partial charge in [-0.25, -0.2) is 17.8 Å². The van der Waals surface area contributed by atoms with E-state index in [2.05, 4.69) is 15.1 Å². The van der Waals surface area contributed by atoms with Gasteiger partial charge in [0.1, 0.15) is 5.82 Å². The lowest BCUT2D eigenvalue weighted by Crippen LogP contribution is -2.54. The molecule has 2 aromatic heterocycles. The highest BCUT2D eigenvalue weighted by molar-refractivity contribution is 7.89. The first-order valence-corrected chi connectivity index (χ1v) is 11.7. The molecule has 8 nitrogen and oxygen atoms in total. The molecule has 5 rings (SSSR count). The Morgan fingerprint density at radius 3 is 2.58 bits per heavy atom. The number of fused-ring (bicyclic) bond motifs is 3. The van der Waals surface area contributed by atoms with Crippen molar-refractivity contribution in [1.82, 2.24) is 23.9 Å². The Labute approximate surface area is 181 Å². The number of aryl methyl sites for hydroxylation is 2. The van der Waals surface area contributed by atoms with Gasteiger partial charge in [-0.3, -0.25) is 0 Å². The van der Waals surface area contributed by atoms with Gasteiger partial charge < -0.3 is 4.90 Å². The van der Waals surface area contributed by atoms with Crippen LogP contribution in [0, 0.1) is 13.8 Å². The van der Waals surface area contributed by atoms with Gasteiger partial charge >= 0.3 is 0 Å². The summed E-state index contributed by atoms with van der Waals surface area (Å²) in [6.07, 6.45) is 0. The molecule has 31 heavy (non-hydrogen) atoms. The van der Waals surface area contributed by atoms with E-state index in [4.69, 9.17) is 4.98 Å². The Morgan fingerprint density at radius 2 is 1.81 bits per heavy atom. The molecule has 0 radical (unpaired) electrons. The number of rotatable bonds is 3. The van der Waals surface area contributed by atoms with Gasteiger partial charge in [-0.2, -0.15) is 4.31 Å². The molecule has 1 aliphatic rings. The molecule has 1 aliphatic heterocycles. The second-order valence-corrected chi connectivity index (χ2v) is 9.95. The maximum absolute atomic E-state index is 13.3. The summed E-state index contributed by atoms with van der Waals surface area (Å²) in [5, 5.41) is 9.57. The number of para-hydroxylation sites is 1. The second-order valence-electron chi connectivity index (χ2n) is 8.06. The van der Waals surface area contributed by atoms with Crippen LogP contribution in [0.15, 0.2) is 53.4 Å². The molecule has 1 unspecified atom stereocenters. The monoisotopic (exact) mass is 436 g/mol. The smallest absolute Gasteiger partial charge is 0.243 e. The van der Waals surface area contributed by atoms with Crippen molar-refractivity contribution in [3.63, 3.8) is 0 Å². The molecule has 1 fully saturated rings. The molecule has 160 valence electrons. The van der Waals surface area contributed by atoms with Crippen molar-refractivity contribution in [3.05, 3.63) is 59.9 Å². The van der Waals surface area contributed by atoms with Crippen LogP contribution in [0.3, 0.4) is 0 Å². The minimum Gasteiger partial charge on any atom is -0.339 e. The minimum atomic E-state index is -3.56. The maximum atomic E-state index is 13.3. The molecule has 0 spiro atoms. The van der Waals surface area contributed by atoms with Crippen molar-refractivity contribution >= 4 is 32.5 Å². The van der Waals surface area contributed by atoms with Gasteiger partial charge in [0.15, 0.2) is 5.65 Å². The van der Waals surface area contributed by atoms with Crippen LogP contribution < -0.4 is 4.90 Å². The highest BCUT2D eigenvalue weighted by Gasteiger charge is 2.35. The van der Waals surface area contributed by atoms with Crippen molar-refractivity contribution in [2.24, 2.45) is 0 Å². The average Bonchev–Trinajstić information content (AvgIpc) is 3.15. The SMILES string of the molecule is Cc1cccc(S(=O)(=O)N2CCN(c3nc4ccccc4c4nnc(C)n34)CC2C)c1. The molecule has 0 bridgehead atoms.